The van der Waals surface area contributed by atoms with Crippen LogP contribution in [0.4, 0.5) is 10.8 Å². The van der Waals surface area contributed by atoms with Crippen molar-refractivity contribution in [2.24, 2.45) is 0 Å². The van der Waals surface area contributed by atoms with E-state index in [1.165, 1.54) is 29.5 Å². The molecule has 2 aromatic carbocycles. The van der Waals surface area contributed by atoms with Crippen molar-refractivity contribution in [3.05, 3.63) is 94.0 Å². The van der Waals surface area contributed by atoms with E-state index in [-0.39, 0.29) is 21.7 Å². The summed E-state index contributed by atoms with van der Waals surface area (Å²) >= 11 is 7.44. The van der Waals surface area contributed by atoms with Gasteiger partial charge in [0.15, 0.2) is 5.13 Å². The lowest BCUT2D eigenvalue weighted by atomic mass is 10.1. The van der Waals surface area contributed by atoms with E-state index in [1.54, 1.807) is 35.8 Å². The molecule has 4 aromatic rings. The zero-order valence-electron chi connectivity index (χ0n) is 16.3. The molecule has 1 aliphatic rings. The minimum absolute atomic E-state index is 0.149. The Hall–Kier alpha value is -3.88. The highest BCUT2D eigenvalue weighted by molar-refractivity contribution is 7.14. The first kappa shape index (κ1) is 20.0. The number of amides is 3. The zero-order chi connectivity index (χ0) is 22.2. The number of anilines is 2. The summed E-state index contributed by atoms with van der Waals surface area (Å²) in [4.78, 5) is 48.2. The lowest BCUT2D eigenvalue weighted by molar-refractivity contribution is 0.0925. The van der Waals surface area contributed by atoms with Gasteiger partial charge in [0.05, 0.1) is 27.5 Å². The summed E-state index contributed by atoms with van der Waals surface area (Å²) in [5.41, 5.74) is 2.26. The maximum atomic E-state index is 13.0. The van der Waals surface area contributed by atoms with Crippen LogP contribution < -0.4 is 10.2 Å². The van der Waals surface area contributed by atoms with E-state index in [0.717, 1.165) is 4.90 Å². The molecule has 0 atom stereocenters. The molecule has 0 unspecified atom stereocenters. The second kappa shape index (κ2) is 7.99. The molecule has 1 aliphatic heterocycles. The molecule has 0 radical (unpaired) electrons. The number of halogens is 1. The number of nitrogens with one attached hydrogen (secondary N) is 1. The fourth-order valence-corrected chi connectivity index (χ4v) is 4.29. The van der Waals surface area contributed by atoms with E-state index in [4.69, 9.17) is 11.6 Å². The summed E-state index contributed by atoms with van der Waals surface area (Å²) in [7, 11) is 0. The quantitative estimate of drug-likeness (QED) is 0.437. The summed E-state index contributed by atoms with van der Waals surface area (Å²) in [5.74, 6) is -1.45. The molecule has 0 fully saturated rings. The van der Waals surface area contributed by atoms with Gasteiger partial charge in [-0.1, -0.05) is 29.8 Å². The van der Waals surface area contributed by atoms with Gasteiger partial charge in [0, 0.05) is 17.1 Å². The van der Waals surface area contributed by atoms with Crippen LogP contribution in [0.5, 0.6) is 0 Å². The van der Waals surface area contributed by atoms with Crippen LogP contribution in [0, 0.1) is 0 Å². The van der Waals surface area contributed by atoms with Gasteiger partial charge in [-0.3, -0.25) is 24.7 Å². The molecule has 32 heavy (non-hydrogen) atoms. The number of nitrogens with zero attached hydrogens (tertiary/aromatic N) is 3. The maximum absolute atomic E-state index is 13.0. The number of carbonyl (C=O) groups is 3. The van der Waals surface area contributed by atoms with Crippen molar-refractivity contribution in [2.45, 2.75) is 0 Å². The number of carbonyl (C=O) groups excluding carboxylic acids is 3. The Morgan fingerprint density at radius 3 is 2.50 bits per heavy atom. The smallest absolute Gasteiger partial charge is 0.266 e. The number of pyridine rings is 1. The van der Waals surface area contributed by atoms with Gasteiger partial charge in [0.25, 0.3) is 17.7 Å². The predicted octanol–water partition coefficient (Wildman–Crippen LogP) is 4.91. The number of para-hydroxylation sites is 1. The maximum Gasteiger partial charge on any atom is 0.266 e. The minimum Gasteiger partial charge on any atom is -0.298 e. The average Bonchev–Trinajstić information content (AvgIpc) is 3.37. The van der Waals surface area contributed by atoms with Gasteiger partial charge in [0.2, 0.25) is 0 Å². The Balaban J connectivity index is 1.39. The first-order chi connectivity index (χ1) is 15.5. The second-order valence-corrected chi connectivity index (χ2v) is 8.13. The average molecular weight is 461 g/mol. The summed E-state index contributed by atoms with van der Waals surface area (Å²) in [6, 6.07) is 16.5. The van der Waals surface area contributed by atoms with Crippen LogP contribution in [0.1, 0.15) is 31.1 Å². The van der Waals surface area contributed by atoms with Gasteiger partial charge in [-0.25, -0.2) is 9.88 Å². The lowest BCUT2D eigenvalue weighted by Crippen LogP contribution is -2.29. The molecule has 0 saturated heterocycles. The standard InChI is InChI=1S/C23H13ClN4O3S/c24-16-5-1-2-7-19(16)28-21(30)14-9-8-13(11-15(14)22(28)31)20(29)27-23-26-18(12-32-23)17-6-3-4-10-25-17/h1-12H,(H,26,27,29). The van der Waals surface area contributed by atoms with Crippen LogP contribution in [-0.2, 0) is 0 Å². The first-order valence-corrected chi connectivity index (χ1v) is 10.7. The Bertz CT molecular complexity index is 1390. The van der Waals surface area contributed by atoms with Crippen molar-refractivity contribution in [3.63, 3.8) is 0 Å². The Morgan fingerprint density at radius 2 is 1.72 bits per heavy atom. The molecular weight excluding hydrogens is 448 g/mol. The van der Waals surface area contributed by atoms with Crippen LogP contribution in [-0.4, -0.2) is 27.7 Å². The zero-order valence-corrected chi connectivity index (χ0v) is 17.9. The fraction of sp³-hybridized carbons (Fsp3) is 0. The topological polar surface area (TPSA) is 92.3 Å². The minimum atomic E-state index is -0.528. The summed E-state index contributed by atoms with van der Waals surface area (Å²) in [6.07, 6.45) is 1.67. The highest BCUT2D eigenvalue weighted by atomic mass is 35.5. The highest BCUT2D eigenvalue weighted by Crippen LogP contribution is 2.33. The van der Waals surface area contributed by atoms with Crippen LogP contribution >= 0.6 is 22.9 Å². The predicted molar refractivity (Wildman–Crippen MR) is 122 cm³/mol. The number of imide groups is 1. The third kappa shape index (κ3) is 3.45. The van der Waals surface area contributed by atoms with Crippen molar-refractivity contribution in [1.29, 1.82) is 0 Å². The van der Waals surface area contributed by atoms with Gasteiger partial charge in [-0.05, 0) is 42.5 Å². The van der Waals surface area contributed by atoms with Crippen LogP contribution in [0.2, 0.25) is 5.02 Å². The molecule has 5 rings (SSSR count). The summed E-state index contributed by atoms with van der Waals surface area (Å²) < 4.78 is 0. The molecule has 156 valence electrons. The van der Waals surface area contributed by atoms with E-state index in [0.29, 0.717) is 22.2 Å². The van der Waals surface area contributed by atoms with Crippen LogP contribution in [0.25, 0.3) is 11.4 Å². The molecule has 3 amide bonds. The molecular formula is C23H13ClN4O3S. The number of aromatic nitrogens is 2. The van der Waals surface area contributed by atoms with Gasteiger partial charge >= 0.3 is 0 Å². The van der Waals surface area contributed by atoms with Crippen molar-refractivity contribution in [3.8, 4) is 11.4 Å². The van der Waals surface area contributed by atoms with Gasteiger partial charge in [-0.15, -0.1) is 11.3 Å². The van der Waals surface area contributed by atoms with Crippen molar-refractivity contribution < 1.29 is 14.4 Å². The van der Waals surface area contributed by atoms with E-state index < -0.39 is 17.7 Å². The summed E-state index contributed by atoms with van der Waals surface area (Å²) in [5, 5.41) is 5.21. The monoisotopic (exact) mass is 460 g/mol. The first-order valence-electron chi connectivity index (χ1n) is 9.48. The molecule has 0 aliphatic carbocycles. The molecule has 0 bridgehead atoms. The van der Waals surface area contributed by atoms with Gasteiger partial charge in [0.1, 0.15) is 5.69 Å². The number of hydrogen-bond donors (Lipinski definition) is 1. The third-order valence-corrected chi connectivity index (χ3v) is 5.97. The Morgan fingerprint density at radius 1 is 0.938 bits per heavy atom. The third-order valence-electron chi connectivity index (χ3n) is 4.89. The fourth-order valence-electron chi connectivity index (χ4n) is 3.37. The van der Waals surface area contributed by atoms with Crippen LogP contribution in [0.15, 0.2) is 72.2 Å². The molecule has 0 saturated carbocycles. The number of benzene rings is 2. The normalized spacial score (nSPS) is 12.7. The highest BCUT2D eigenvalue weighted by Gasteiger charge is 2.38. The lowest BCUT2D eigenvalue weighted by Gasteiger charge is -2.15. The van der Waals surface area contributed by atoms with E-state index >= 15 is 0 Å². The SMILES string of the molecule is O=C(Nc1nc(-c2ccccn2)cs1)c1ccc2c(c1)C(=O)N(c1ccccc1Cl)C2=O. The van der Waals surface area contributed by atoms with E-state index in [1.807, 2.05) is 18.2 Å². The van der Waals surface area contributed by atoms with E-state index in [2.05, 4.69) is 15.3 Å². The van der Waals surface area contributed by atoms with Crippen molar-refractivity contribution in [1.82, 2.24) is 9.97 Å². The molecule has 2 aromatic heterocycles. The number of fused-ring (bicyclic) bond motifs is 1. The second-order valence-electron chi connectivity index (χ2n) is 6.86. The van der Waals surface area contributed by atoms with Crippen LogP contribution in [0.3, 0.4) is 0 Å². The van der Waals surface area contributed by atoms with E-state index in [9.17, 15) is 14.4 Å². The van der Waals surface area contributed by atoms with Gasteiger partial charge in [-0.2, -0.15) is 0 Å². The van der Waals surface area contributed by atoms with Crippen molar-refractivity contribution >= 4 is 51.5 Å². The molecule has 0 spiro atoms. The number of hydrogen-bond acceptors (Lipinski definition) is 6. The number of rotatable bonds is 4. The largest absolute Gasteiger partial charge is 0.298 e. The molecule has 3 heterocycles. The molecule has 7 nitrogen and oxygen atoms in total. The molecule has 9 heteroatoms. The summed E-state index contributed by atoms with van der Waals surface area (Å²) in [6.45, 7) is 0. The Labute approximate surface area is 191 Å². The Kier molecular flexibility index (Phi) is 5.01. The molecule has 1 N–H and O–H groups in total. The number of thiazole rings is 1. The van der Waals surface area contributed by atoms with Crippen molar-refractivity contribution in [2.75, 3.05) is 10.2 Å². The van der Waals surface area contributed by atoms with Gasteiger partial charge < -0.3 is 0 Å².